The first kappa shape index (κ1) is 12.8. The lowest BCUT2D eigenvalue weighted by Crippen LogP contribution is -2.27. The molecule has 0 aliphatic heterocycles. The molecule has 3 rings (SSSR count). The minimum atomic E-state index is 0.398. The molecule has 1 unspecified atom stereocenters. The molecular formula is C14H18N6. The Kier molecular flexibility index (Phi) is 3.73. The molecule has 0 aromatic carbocycles. The number of hydrogen-bond donors (Lipinski definition) is 1. The molecule has 0 spiro atoms. The van der Waals surface area contributed by atoms with Crippen molar-refractivity contribution in [3.63, 3.8) is 0 Å². The van der Waals surface area contributed by atoms with Crippen LogP contribution in [0.2, 0.25) is 0 Å². The first-order valence-corrected chi connectivity index (χ1v) is 6.82. The molecule has 0 aliphatic rings. The third-order valence-electron chi connectivity index (χ3n) is 3.34. The molecule has 0 bridgehead atoms. The molecule has 3 aromatic heterocycles. The van der Waals surface area contributed by atoms with E-state index in [1.807, 2.05) is 45.7 Å². The minimum absolute atomic E-state index is 0.398. The zero-order chi connectivity index (χ0) is 13.8. The molecule has 0 aliphatic carbocycles. The van der Waals surface area contributed by atoms with Crippen molar-refractivity contribution in [2.24, 2.45) is 0 Å². The van der Waals surface area contributed by atoms with Gasteiger partial charge in [0.05, 0.1) is 6.54 Å². The van der Waals surface area contributed by atoms with Gasteiger partial charge < -0.3 is 5.32 Å². The van der Waals surface area contributed by atoms with Crippen LogP contribution in [0.1, 0.15) is 19.2 Å². The number of nitrogens with zero attached hydrogens (tertiary/aromatic N) is 5. The van der Waals surface area contributed by atoms with Crippen molar-refractivity contribution in [2.45, 2.75) is 32.5 Å². The third-order valence-corrected chi connectivity index (χ3v) is 3.34. The van der Waals surface area contributed by atoms with Gasteiger partial charge >= 0.3 is 0 Å². The van der Waals surface area contributed by atoms with E-state index in [0.29, 0.717) is 12.6 Å². The van der Waals surface area contributed by atoms with E-state index in [1.54, 1.807) is 6.20 Å². The molecule has 0 radical (unpaired) electrons. The molecule has 3 heterocycles. The van der Waals surface area contributed by atoms with Gasteiger partial charge in [-0.1, -0.05) is 6.07 Å². The zero-order valence-electron chi connectivity index (χ0n) is 11.5. The van der Waals surface area contributed by atoms with Crippen LogP contribution in [-0.2, 0) is 13.1 Å². The molecule has 0 fully saturated rings. The SMILES string of the molecule is CC(CCn1cccn1)NCc1nnc2ccccn12. The van der Waals surface area contributed by atoms with Crippen molar-refractivity contribution in [1.29, 1.82) is 0 Å². The van der Waals surface area contributed by atoms with E-state index < -0.39 is 0 Å². The Morgan fingerprint density at radius 1 is 1.20 bits per heavy atom. The number of pyridine rings is 1. The molecular weight excluding hydrogens is 252 g/mol. The molecule has 1 atom stereocenters. The summed E-state index contributed by atoms with van der Waals surface area (Å²) in [5.74, 6) is 0.937. The van der Waals surface area contributed by atoms with E-state index in [9.17, 15) is 0 Å². The topological polar surface area (TPSA) is 60.0 Å². The summed E-state index contributed by atoms with van der Waals surface area (Å²) in [6.07, 6.45) is 6.80. The van der Waals surface area contributed by atoms with E-state index in [0.717, 1.165) is 24.4 Å². The van der Waals surface area contributed by atoms with Gasteiger partial charge in [0, 0.05) is 31.2 Å². The number of aryl methyl sites for hydroxylation is 1. The second-order valence-electron chi connectivity index (χ2n) is 4.88. The smallest absolute Gasteiger partial charge is 0.160 e. The maximum Gasteiger partial charge on any atom is 0.160 e. The second kappa shape index (κ2) is 5.83. The van der Waals surface area contributed by atoms with Crippen LogP contribution in [0.25, 0.3) is 5.65 Å². The maximum absolute atomic E-state index is 4.21. The average molecular weight is 270 g/mol. The number of aromatic nitrogens is 5. The van der Waals surface area contributed by atoms with Crippen LogP contribution in [0.5, 0.6) is 0 Å². The van der Waals surface area contributed by atoms with Gasteiger partial charge in [0.25, 0.3) is 0 Å². The van der Waals surface area contributed by atoms with Crippen LogP contribution < -0.4 is 5.32 Å². The molecule has 3 aromatic rings. The van der Waals surface area contributed by atoms with Crippen LogP contribution >= 0.6 is 0 Å². The van der Waals surface area contributed by atoms with Crippen molar-refractivity contribution in [3.05, 3.63) is 48.7 Å². The summed E-state index contributed by atoms with van der Waals surface area (Å²) < 4.78 is 3.96. The number of hydrogen-bond acceptors (Lipinski definition) is 4. The second-order valence-corrected chi connectivity index (χ2v) is 4.88. The van der Waals surface area contributed by atoms with Crippen LogP contribution in [-0.4, -0.2) is 30.4 Å². The lowest BCUT2D eigenvalue weighted by Gasteiger charge is -2.12. The van der Waals surface area contributed by atoms with E-state index in [-0.39, 0.29) is 0 Å². The summed E-state index contributed by atoms with van der Waals surface area (Å²) in [4.78, 5) is 0. The normalized spacial score (nSPS) is 12.8. The predicted octanol–water partition coefficient (Wildman–Crippen LogP) is 1.49. The van der Waals surface area contributed by atoms with Crippen LogP contribution in [0.4, 0.5) is 0 Å². The fraction of sp³-hybridized carbons (Fsp3) is 0.357. The molecule has 6 heteroatoms. The van der Waals surface area contributed by atoms with Gasteiger partial charge in [0.1, 0.15) is 0 Å². The Morgan fingerprint density at radius 2 is 2.15 bits per heavy atom. The van der Waals surface area contributed by atoms with Crippen LogP contribution in [0, 0.1) is 0 Å². The van der Waals surface area contributed by atoms with Crippen molar-refractivity contribution in [3.8, 4) is 0 Å². The monoisotopic (exact) mass is 270 g/mol. The van der Waals surface area contributed by atoms with Gasteiger partial charge in [-0.05, 0) is 31.5 Å². The fourth-order valence-corrected chi connectivity index (χ4v) is 2.14. The number of fused-ring (bicyclic) bond motifs is 1. The highest BCUT2D eigenvalue weighted by Gasteiger charge is 2.07. The Bertz CT molecular complexity index is 657. The lowest BCUT2D eigenvalue weighted by molar-refractivity contribution is 0.452. The Hall–Kier alpha value is -2.21. The summed E-state index contributed by atoms with van der Waals surface area (Å²) in [5, 5.41) is 16.0. The van der Waals surface area contributed by atoms with Gasteiger partial charge in [-0.25, -0.2) is 0 Å². The van der Waals surface area contributed by atoms with Crippen LogP contribution in [0.15, 0.2) is 42.9 Å². The largest absolute Gasteiger partial charge is 0.307 e. The Morgan fingerprint density at radius 3 is 3.00 bits per heavy atom. The fourth-order valence-electron chi connectivity index (χ4n) is 2.14. The summed E-state index contributed by atoms with van der Waals surface area (Å²) in [6.45, 7) is 3.81. The maximum atomic E-state index is 4.21. The van der Waals surface area contributed by atoms with E-state index in [2.05, 4.69) is 27.5 Å². The zero-order valence-corrected chi connectivity index (χ0v) is 11.5. The highest BCUT2D eigenvalue weighted by molar-refractivity contribution is 5.36. The summed E-state index contributed by atoms with van der Waals surface area (Å²) in [7, 11) is 0. The first-order chi connectivity index (χ1) is 9.83. The molecule has 0 saturated heterocycles. The summed E-state index contributed by atoms with van der Waals surface area (Å²) in [5.41, 5.74) is 0.883. The van der Waals surface area contributed by atoms with Gasteiger partial charge in [0.15, 0.2) is 11.5 Å². The van der Waals surface area contributed by atoms with Gasteiger partial charge in [-0.3, -0.25) is 9.08 Å². The molecule has 6 nitrogen and oxygen atoms in total. The summed E-state index contributed by atoms with van der Waals surface area (Å²) in [6, 6.07) is 8.25. The molecule has 104 valence electrons. The van der Waals surface area contributed by atoms with E-state index >= 15 is 0 Å². The van der Waals surface area contributed by atoms with E-state index in [4.69, 9.17) is 0 Å². The average Bonchev–Trinajstić information content (AvgIpc) is 3.12. The molecule has 20 heavy (non-hydrogen) atoms. The van der Waals surface area contributed by atoms with Crippen molar-refractivity contribution in [1.82, 2.24) is 29.7 Å². The van der Waals surface area contributed by atoms with Crippen molar-refractivity contribution in [2.75, 3.05) is 0 Å². The standard InChI is InChI=1S/C14H18N6/c1-12(6-10-19-8-4-7-16-19)15-11-14-18-17-13-5-2-3-9-20(13)14/h2-5,7-9,12,15H,6,10-11H2,1H3. The van der Waals surface area contributed by atoms with E-state index in [1.165, 1.54) is 0 Å². The van der Waals surface area contributed by atoms with Gasteiger partial charge in [-0.2, -0.15) is 5.10 Å². The number of rotatable bonds is 6. The quantitative estimate of drug-likeness (QED) is 0.737. The molecule has 0 amide bonds. The highest BCUT2D eigenvalue weighted by Crippen LogP contribution is 2.03. The number of nitrogens with one attached hydrogen (secondary N) is 1. The first-order valence-electron chi connectivity index (χ1n) is 6.82. The Labute approximate surface area is 117 Å². The van der Waals surface area contributed by atoms with Crippen molar-refractivity contribution < 1.29 is 0 Å². The van der Waals surface area contributed by atoms with Gasteiger partial charge in [0.2, 0.25) is 0 Å². The lowest BCUT2D eigenvalue weighted by atomic mass is 10.2. The molecule has 1 N–H and O–H groups in total. The molecule has 0 saturated carbocycles. The highest BCUT2D eigenvalue weighted by atomic mass is 15.3. The van der Waals surface area contributed by atoms with Crippen molar-refractivity contribution >= 4 is 5.65 Å². The minimum Gasteiger partial charge on any atom is -0.307 e. The Balaban J connectivity index is 1.53. The third kappa shape index (κ3) is 2.85. The van der Waals surface area contributed by atoms with Gasteiger partial charge in [-0.15, -0.1) is 10.2 Å². The summed E-state index contributed by atoms with van der Waals surface area (Å²) >= 11 is 0. The predicted molar refractivity (Wildman–Crippen MR) is 76.1 cm³/mol. The van der Waals surface area contributed by atoms with Crippen LogP contribution in [0.3, 0.4) is 0 Å².